The highest BCUT2D eigenvalue weighted by Gasteiger charge is 2.48. The van der Waals surface area contributed by atoms with Gasteiger partial charge >= 0.3 is 6.09 Å². The highest BCUT2D eigenvalue weighted by atomic mass is 16.6. The molecule has 5 nitrogen and oxygen atoms in total. The van der Waals surface area contributed by atoms with Crippen LogP contribution in [0.4, 0.5) is 4.79 Å². The Labute approximate surface area is 131 Å². The van der Waals surface area contributed by atoms with Crippen molar-refractivity contribution in [1.29, 1.82) is 0 Å². The van der Waals surface area contributed by atoms with Crippen molar-refractivity contribution < 1.29 is 14.3 Å². The Hall–Kier alpha value is -1.78. The molecule has 2 bridgehead atoms. The van der Waals surface area contributed by atoms with Gasteiger partial charge in [-0.25, -0.2) is 9.78 Å². The molecule has 0 radical (unpaired) electrons. The third-order valence-electron chi connectivity index (χ3n) is 4.50. The summed E-state index contributed by atoms with van der Waals surface area (Å²) in [6, 6.07) is 6.19. The number of carbonyl (C=O) groups excluding carboxylic acids is 1. The maximum absolute atomic E-state index is 12.3. The molecule has 1 saturated heterocycles. The molecule has 1 aliphatic carbocycles. The summed E-state index contributed by atoms with van der Waals surface area (Å²) in [5.41, 5.74) is 0.642. The normalized spacial score (nSPS) is 27.1. The van der Waals surface area contributed by atoms with Crippen LogP contribution in [-0.2, 0) is 4.74 Å². The van der Waals surface area contributed by atoms with Crippen LogP contribution in [0, 0.1) is 5.92 Å². The number of ether oxygens (including phenoxy) is 2. The van der Waals surface area contributed by atoms with Crippen LogP contribution in [0.15, 0.2) is 18.2 Å². The molecule has 0 spiro atoms. The lowest BCUT2D eigenvalue weighted by atomic mass is 9.91. The summed E-state index contributed by atoms with van der Waals surface area (Å²) in [6.45, 7) is 6.48. The Morgan fingerprint density at radius 1 is 1.32 bits per heavy atom. The van der Waals surface area contributed by atoms with E-state index in [0.717, 1.165) is 25.1 Å². The first-order valence-corrected chi connectivity index (χ1v) is 7.88. The topological polar surface area (TPSA) is 51.7 Å². The minimum absolute atomic E-state index is 0.183. The molecule has 3 unspecified atom stereocenters. The summed E-state index contributed by atoms with van der Waals surface area (Å²) in [5.74, 6) is 1.54. The van der Waals surface area contributed by atoms with Crippen molar-refractivity contribution >= 4 is 6.09 Å². The number of hydrogen-bond donors (Lipinski definition) is 0. The van der Waals surface area contributed by atoms with E-state index in [1.54, 1.807) is 7.11 Å². The second kappa shape index (κ2) is 5.45. The largest absolute Gasteiger partial charge is 0.481 e. The van der Waals surface area contributed by atoms with Crippen LogP contribution in [0.3, 0.4) is 0 Å². The third kappa shape index (κ3) is 2.89. The lowest BCUT2D eigenvalue weighted by molar-refractivity contribution is 0.0180. The van der Waals surface area contributed by atoms with Gasteiger partial charge in [0.25, 0.3) is 0 Å². The van der Waals surface area contributed by atoms with E-state index in [4.69, 9.17) is 9.47 Å². The fourth-order valence-electron chi connectivity index (χ4n) is 3.61. The van der Waals surface area contributed by atoms with Crippen molar-refractivity contribution in [3.8, 4) is 5.88 Å². The molecule has 0 N–H and O–H groups in total. The molecule has 2 aliphatic rings. The quantitative estimate of drug-likeness (QED) is 0.842. The molecule has 1 amide bonds. The van der Waals surface area contributed by atoms with Crippen LogP contribution in [0.5, 0.6) is 5.88 Å². The van der Waals surface area contributed by atoms with Crippen molar-refractivity contribution in [3.05, 3.63) is 23.9 Å². The van der Waals surface area contributed by atoms with Gasteiger partial charge in [-0.05, 0) is 45.6 Å². The van der Waals surface area contributed by atoms with Crippen LogP contribution >= 0.6 is 0 Å². The van der Waals surface area contributed by atoms with Crippen LogP contribution in [0.25, 0.3) is 0 Å². The molecule has 3 atom stereocenters. The van der Waals surface area contributed by atoms with Gasteiger partial charge in [0.2, 0.25) is 5.88 Å². The number of methoxy groups -OCH3 is 1. The van der Waals surface area contributed by atoms with E-state index < -0.39 is 5.60 Å². The predicted octanol–water partition coefficient (Wildman–Crippen LogP) is 3.20. The molecule has 1 aromatic rings. The Bertz CT molecular complexity index is 567. The minimum Gasteiger partial charge on any atom is -0.481 e. The van der Waals surface area contributed by atoms with Gasteiger partial charge in [-0.3, -0.25) is 0 Å². The summed E-state index contributed by atoms with van der Waals surface area (Å²) in [4.78, 5) is 18.7. The van der Waals surface area contributed by atoms with Crippen molar-refractivity contribution in [1.82, 2.24) is 9.88 Å². The lowest BCUT2D eigenvalue weighted by Crippen LogP contribution is -2.42. The third-order valence-corrected chi connectivity index (χ3v) is 4.50. The fraction of sp³-hybridized carbons (Fsp3) is 0.647. The van der Waals surface area contributed by atoms with E-state index in [-0.39, 0.29) is 12.1 Å². The average Bonchev–Trinajstić information content (AvgIpc) is 3.05. The van der Waals surface area contributed by atoms with Gasteiger partial charge in [-0.1, -0.05) is 6.07 Å². The Balaban J connectivity index is 1.68. The Morgan fingerprint density at radius 3 is 2.68 bits per heavy atom. The molecule has 2 fully saturated rings. The summed E-state index contributed by atoms with van der Waals surface area (Å²) in [6.07, 6.45) is 1.82. The lowest BCUT2D eigenvalue weighted by Gasteiger charge is -2.33. The molecule has 5 heteroatoms. The van der Waals surface area contributed by atoms with E-state index in [9.17, 15) is 4.79 Å². The zero-order chi connectivity index (χ0) is 15.9. The van der Waals surface area contributed by atoms with Gasteiger partial charge in [0.15, 0.2) is 0 Å². The molecule has 2 heterocycles. The minimum atomic E-state index is -0.438. The molecule has 120 valence electrons. The van der Waals surface area contributed by atoms with Gasteiger partial charge in [0.05, 0.1) is 7.11 Å². The van der Waals surface area contributed by atoms with Crippen molar-refractivity contribution in [2.75, 3.05) is 13.7 Å². The molecule has 0 aromatic carbocycles. The molecule has 1 aliphatic heterocycles. The van der Waals surface area contributed by atoms with Crippen molar-refractivity contribution in [3.63, 3.8) is 0 Å². The molecular formula is C17H24N2O3. The van der Waals surface area contributed by atoms with Crippen LogP contribution in [0.1, 0.15) is 45.2 Å². The first kappa shape index (κ1) is 15.1. The van der Waals surface area contributed by atoms with Gasteiger partial charge in [-0.2, -0.15) is 0 Å². The number of rotatable bonds is 2. The number of hydrogen-bond acceptors (Lipinski definition) is 4. The smallest absolute Gasteiger partial charge is 0.410 e. The summed E-state index contributed by atoms with van der Waals surface area (Å²) < 4.78 is 10.7. The number of likely N-dealkylation sites (tertiary alicyclic amines) is 1. The number of piperidine rings is 1. The molecule has 1 saturated carbocycles. The van der Waals surface area contributed by atoms with Crippen LogP contribution in [0.2, 0.25) is 0 Å². The van der Waals surface area contributed by atoms with Crippen molar-refractivity contribution in [2.45, 2.75) is 51.2 Å². The Morgan fingerprint density at radius 2 is 2.09 bits per heavy atom. The summed E-state index contributed by atoms with van der Waals surface area (Å²) in [7, 11) is 1.64. The first-order chi connectivity index (χ1) is 10.4. The van der Waals surface area contributed by atoms with Crippen molar-refractivity contribution in [2.24, 2.45) is 5.92 Å². The molecule has 3 rings (SSSR count). The maximum Gasteiger partial charge on any atom is 0.410 e. The SMILES string of the molecule is COc1cccc(C2CC3CC2CN3C(=O)OC(C)(C)C)n1. The number of aromatic nitrogens is 1. The van der Waals surface area contributed by atoms with Gasteiger partial charge in [0.1, 0.15) is 5.60 Å². The van der Waals surface area contributed by atoms with Gasteiger partial charge in [-0.15, -0.1) is 0 Å². The zero-order valence-corrected chi connectivity index (χ0v) is 13.7. The fourth-order valence-corrected chi connectivity index (χ4v) is 3.61. The number of nitrogens with zero attached hydrogens (tertiary/aromatic N) is 2. The number of pyridine rings is 1. The molecule has 1 aromatic heterocycles. The summed E-state index contributed by atoms with van der Waals surface area (Å²) >= 11 is 0. The number of carbonyl (C=O) groups is 1. The van der Waals surface area contributed by atoms with Gasteiger partial charge < -0.3 is 14.4 Å². The monoisotopic (exact) mass is 304 g/mol. The average molecular weight is 304 g/mol. The van der Waals surface area contributed by atoms with E-state index in [2.05, 4.69) is 11.1 Å². The van der Waals surface area contributed by atoms with Gasteiger partial charge in [0, 0.05) is 30.3 Å². The first-order valence-electron chi connectivity index (χ1n) is 7.88. The predicted molar refractivity (Wildman–Crippen MR) is 83.0 cm³/mol. The number of fused-ring (bicyclic) bond motifs is 2. The standard InChI is InChI=1S/C17H24N2O3/c1-17(2,3)22-16(20)19-10-11-8-12(19)9-13(11)14-6-5-7-15(18-14)21-4/h5-7,11-13H,8-10H2,1-4H3. The van der Waals surface area contributed by atoms with E-state index >= 15 is 0 Å². The van der Waals surface area contributed by atoms with E-state index in [1.807, 2.05) is 37.8 Å². The van der Waals surface area contributed by atoms with E-state index in [0.29, 0.717) is 17.7 Å². The highest BCUT2D eigenvalue weighted by molar-refractivity contribution is 5.69. The van der Waals surface area contributed by atoms with Crippen LogP contribution in [-0.4, -0.2) is 41.3 Å². The van der Waals surface area contributed by atoms with E-state index in [1.165, 1.54) is 0 Å². The second-order valence-corrected chi connectivity index (χ2v) is 7.23. The highest BCUT2D eigenvalue weighted by Crippen LogP contribution is 2.47. The Kier molecular flexibility index (Phi) is 3.75. The maximum atomic E-state index is 12.3. The molecule has 22 heavy (non-hydrogen) atoms. The molecular weight excluding hydrogens is 280 g/mol. The van der Waals surface area contributed by atoms with Crippen LogP contribution < -0.4 is 4.74 Å². The second-order valence-electron chi connectivity index (χ2n) is 7.23. The number of amides is 1. The zero-order valence-electron chi connectivity index (χ0n) is 13.7. The summed E-state index contributed by atoms with van der Waals surface area (Å²) in [5, 5.41) is 0.